The summed E-state index contributed by atoms with van der Waals surface area (Å²) in [7, 11) is 0. The van der Waals surface area contributed by atoms with Gasteiger partial charge in [0.05, 0.1) is 11.9 Å². The van der Waals surface area contributed by atoms with Gasteiger partial charge in [0.2, 0.25) is 0 Å². The fourth-order valence-electron chi connectivity index (χ4n) is 1.78. The molecule has 0 saturated heterocycles. The van der Waals surface area contributed by atoms with Gasteiger partial charge >= 0.3 is 0 Å². The maximum Gasteiger partial charge on any atom is 0.276 e. The highest BCUT2D eigenvalue weighted by molar-refractivity contribution is 7.98. The summed E-state index contributed by atoms with van der Waals surface area (Å²) in [5, 5.41) is 6.90. The van der Waals surface area contributed by atoms with Gasteiger partial charge in [0.15, 0.2) is 0 Å². The molecular formula is C13H16N4OS. The van der Waals surface area contributed by atoms with Crippen molar-refractivity contribution in [3.05, 3.63) is 36.2 Å². The molecule has 100 valence electrons. The van der Waals surface area contributed by atoms with E-state index in [0.29, 0.717) is 17.9 Å². The second-order valence-electron chi connectivity index (χ2n) is 3.95. The number of rotatable bonds is 4. The van der Waals surface area contributed by atoms with Gasteiger partial charge in [0.25, 0.3) is 5.91 Å². The molecule has 2 rings (SSSR count). The Morgan fingerprint density at radius 1 is 1.53 bits per heavy atom. The standard InChI is InChI=1S/C13H16N4OS/c1-3-17-12(11(14)8-15-17)13(18)16-9-5-4-6-10(7-9)19-2/h4-8H,3,14H2,1-2H3,(H,16,18). The van der Waals surface area contributed by atoms with Crippen LogP contribution in [0, 0.1) is 0 Å². The topological polar surface area (TPSA) is 72.9 Å². The maximum atomic E-state index is 12.2. The van der Waals surface area contributed by atoms with Crippen molar-refractivity contribution < 1.29 is 4.79 Å². The Morgan fingerprint density at radius 2 is 2.32 bits per heavy atom. The Labute approximate surface area is 116 Å². The number of carbonyl (C=O) groups is 1. The predicted octanol–water partition coefficient (Wildman–Crippen LogP) is 2.46. The van der Waals surface area contributed by atoms with Crippen molar-refractivity contribution in [2.45, 2.75) is 18.4 Å². The fraction of sp³-hybridized carbons (Fsp3) is 0.231. The molecule has 0 bridgehead atoms. The molecule has 3 N–H and O–H groups in total. The Kier molecular flexibility index (Phi) is 4.11. The number of nitrogens with two attached hydrogens (primary N) is 1. The van der Waals surface area contributed by atoms with Crippen LogP contribution in [0.3, 0.4) is 0 Å². The van der Waals surface area contributed by atoms with Crippen molar-refractivity contribution in [1.82, 2.24) is 9.78 Å². The summed E-state index contributed by atoms with van der Waals surface area (Å²) in [6.45, 7) is 2.52. The van der Waals surface area contributed by atoms with Crippen LogP contribution in [0.15, 0.2) is 35.4 Å². The quantitative estimate of drug-likeness (QED) is 0.841. The number of nitrogens with one attached hydrogen (secondary N) is 1. The molecule has 0 aliphatic carbocycles. The van der Waals surface area contributed by atoms with Gasteiger partial charge in [-0.15, -0.1) is 11.8 Å². The SMILES string of the molecule is CCn1ncc(N)c1C(=O)Nc1cccc(SC)c1. The number of nitrogen functional groups attached to an aromatic ring is 1. The van der Waals surface area contributed by atoms with Gasteiger partial charge in [-0.25, -0.2) is 0 Å². The van der Waals surface area contributed by atoms with Crippen LogP contribution in [-0.4, -0.2) is 21.9 Å². The molecule has 0 aliphatic rings. The summed E-state index contributed by atoms with van der Waals surface area (Å²) in [4.78, 5) is 13.3. The molecule has 0 atom stereocenters. The smallest absolute Gasteiger partial charge is 0.276 e. The van der Waals surface area contributed by atoms with E-state index in [1.165, 1.54) is 6.20 Å². The number of amides is 1. The van der Waals surface area contributed by atoms with E-state index in [1.807, 2.05) is 37.4 Å². The summed E-state index contributed by atoms with van der Waals surface area (Å²) in [5.41, 5.74) is 7.32. The summed E-state index contributed by atoms with van der Waals surface area (Å²) in [6.07, 6.45) is 3.49. The van der Waals surface area contributed by atoms with Gasteiger partial charge < -0.3 is 11.1 Å². The molecule has 5 nitrogen and oxygen atoms in total. The minimum absolute atomic E-state index is 0.241. The molecule has 19 heavy (non-hydrogen) atoms. The number of nitrogens with zero attached hydrogens (tertiary/aromatic N) is 2. The third kappa shape index (κ3) is 2.90. The van der Waals surface area contributed by atoms with Gasteiger partial charge in [-0.05, 0) is 31.4 Å². The first kappa shape index (κ1) is 13.5. The van der Waals surface area contributed by atoms with E-state index in [9.17, 15) is 4.79 Å². The number of hydrogen-bond acceptors (Lipinski definition) is 4. The van der Waals surface area contributed by atoms with Gasteiger partial charge in [0.1, 0.15) is 5.69 Å². The second-order valence-corrected chi connectivity index (χ2v) is 4.83. The van der Waals surface area contributed by atoms with E-state index in [1.54, 1.807) is 16.4 Å². The highest BCUT2D eigenvalue weighted by Gasteiger charge is 2.16. The molecule has 1 amide bonds. The number of aromatic nitrogens is 2. The normalized spacial score (nSPS) is 10.4. The third-order valence-electron chi connectivity index (χ3n) is 2.71. The molecule has 1 aromatic carbocycles. The summed E-state index contributed by atoms with van der Waals surface area (Å²) < 4.78 is 1.59. The summed E-state index contributed by atoms with van der Waals surface area (Å²) in [5.74, 6) is -0.241. The number of aryl methyl sites for hydroxylation is 1. The zero-order chi connectivity index (χ0) is 13.8. The van der Waals surface area contributed by atoms with Crippen LogP contribution in [0.2, 0.25) is 0 Å². The molecular weight excluding hydrogens is 260 g/mol. The molecule has 0 fully saturated rings. The number of anilines is 2. The second kappa shape index (κ2) is 5.79. The first-order valence-electron chi connectivity index (χ1n) is 5.92. The van der Waals surface area contributed by atoms with E-state index in [4.69, 9.17) is 5.73 Å². The lowest BCUT2D eigenvalue weighted by atomic mass is 10.3. The monoisotopic (exact) mass is 276 g/mol. The van der Waals surface area contributed by atoms with Crippen LogP contribution in [-0.2, 0) is 6.54 Å². The average molecular weight is 276 g/mol. The van der Waals surface area contributed by atoms with Crippen LogP contribution in [0.25, 0.3) is 0 Å². The fourth-order valence-corrected chi connectivity index (χ4v) is 2.24. The van der Waals surface area contributed by atoms with Crippen molar-refractivity contribution >= 4 is 29.0 Å². The first-order valence-corrected chi connectivity index (χ1v) is 7.15. The van der Waals surface area contributed by atoms with Crippen molar-refractivity contribution in [2.75, 3.05) is 17.3 Å². The van der Waals surface area contributed by atoms with E-state index in [-0.39, 0.29) is 5.91 Å². The molecule has 0 unspecified atom stereocenters. The molecule has 1 heterocycles. The minimum Gasteiger partial charge on any atom is -0.396 e. The number of carbonyl (C=O) groups excluding carboxylic acids is 1. The van der Waals surface area contributed by atoms with E-state index in [0.717, 1.165) is 10.6 Å². The number of thioether (sulfide) groups is 1. The van der Waals surface area contributed by atoms with Gasteiger partial charge in [0, 0.05) is 17.1 Å². The van der Waals surface area contributed by atoms with Crippen molar-refractivity contribution in [3.63, 3.8) is 0 Å². The van der Waals surface area contributed by atoms with Crippen LogP contribution in [0.1, 0.15) is 17.4 Å². The van der Waals surface area contributed by atoms with Crippen LogP contribution < -0.4 is 11.1 Å². The molecule has 0 radical (unpaired) electrons. The lowest BCUT2D eigenvalue weighted by molar-refractivity contribution is 0.101. The lowest BCUT2D eigenvalue weighted by Gasteiger charge is -2.08. The van der Waals surface area contributed by atoms with E-state index < -0.39 is 0 Å². The first-order chi connectivity index (χ1) is 9.15. The van der Waals surface area contributed by atoms with Gasteiger partial charge in [-0.2, -0.15) is 5.10 Å². The zero-order valence-electron chi connectivity index (χ0n) is 10.9. The lowest BCUT2D eigenvalue weighted by Crippen LogP contribution is -2.18. The van der Waals surface area contributed by atoms with Crippen molar-refractivity contribution in [2.24, 2.45) is 0 Å². The molecule has 0 spiro atoms. The van der Waals surface area contributed by atoms with Crippen molar-refractivity contribution in [1.29, 1.82) is 0 Å². The zero-order valence-corrected chi connectivity index (χ0v) is 11.7. The largest absolute Gasteiger partial charge is 0.396 e. The summed E-state index contributed by atoms with van der Waals surface area (Å²) >= 11 is 1.62. The number of hydrogen-bond donors (Lipinski definition) is 2. The van der Waals surface area contributed by atoms with Gasteiger partial charge in [-0.1, -0.05) is 6.07 Å². The predicted molar refractivity (Wildman–Crippen MR) is 78.5 cm³/mol. The van der Waals surface area contributed by atoms with E-state index in [2.05, 4.69) is 10.4 Å². The molecule has 2 aromatic rings. The minimum atomic E-state index is -0.241. The molecule has 1 aromatic heterocycles. The summed E-state index contributed by atoms with van der Waals surface area (Å²) in [6, 6.07) is 7.67. The Morgan fingerprint density at radius 3 is 3.00 bits per heavy atom. The van der Waals surface area contributed by atoms with Crippen LogP contribution >= 0.6 is 11.8 Å². The van der Waals surface area contributed by atoms with E-state index >= 15 is 0 Å². The van der Waals surface area contributed by atoms with Crippen LogP contribution in [0.5, 0.6) is 0 Å². The molecule has 0 saturated carbocycles. The molecule has 6 heteroatoms. The Balaban J connectivity index is 2.23. The Bertz CT molecular complexity index is 594. The maximum absolute atomic E-state index is 12.2. The highest BCUT2D eigenvalue weighted by Crippen LogP contribution is 2.20. The highest BCUT2D eigenvalue weighted by atomic mass is 32.2. The Hall–Kier alpha value is -1.95. The van der Waals surface area contributed by atoms with Crippen LogP contribution in [0.4, 0.5) is 11.4 Å². The average Bonchev–Trinajstić information content (AvgIpc) is 2.80. The number of benzene rings is 1. The third-order valence-corrected chi connectivity index (χ3v) is 3.44. The van der Waals surface area contributed by atoms with Gasteiger partial charge in [-0.3, -0.25) is 9.48 Å². The van der Waals surface area contributed by atoms with Crippen molar-refractivity contribution in [3.8, 4) is 0 Å². The molecule has 0 aliphatic heterocycles.